The summed E-state index contributed by atoms with van der Waals surface area (Å²) in [4.78, 5) is 0.898. The molecular weight excluding hydrogens is 216 g/mol. The lowest BCUT2D eigenvalue weighted by Crippen LogP contribution is -1.92. The number of thiophene rings is 1. The molecule has 0 saturated carbocycles. The van der Waals surface area contributed by atoms with Crippen LogP contribution in [0.3, 0.4) is 0 Å². The first-order valence-corrected chi connectivity index (χ1v) is 5.31. The van der Waals surface area contributed by atoms with Gasteiger partial charge in [0.2, 0.25) is 0 Å². The van der Waals surface area contributed by atoms with Gasteiger partial charge in [0, 0.05) is 11.4 Å². The number of rotatable bonds is 2. The molecule has 0 spiro atoms. The highest BCUT2D eigenvalue weighted by atomic mass is 32.1. The average Bonchev–Trinajstić information content (AvgIpc) is 2.70. The molecule has 0 radical (unpaired) electrons. The highest BCUT2D eigenvalue weighted by Crippen LogP contribution is 2.28. The fraction of sp³-hybridized carbons (Fsp3) is 0.0909. The zero-order valence-corrected chi connectivity index (χ0v) is 8.65. The molecule has 0 aliphatic carbocycles. The lowest BCUT2D eigenvalue weighted by Gasteiger charge is -1.98. The Hall–Kier alpha value is -1.26. The zero-order valence-electron chi connectivity index (χ0n) is 7.84. The van der Waals surface area contributed by atoms with Gasteiger partial charge in [-0.15, -0.1) is 11.3 Å². The van der Waals surface area contributed by atoms with E-state index in [1.165, 1.54) is 17.4 Å². The van der Waals surface area contributed by atoms with E-state index < -0.39 is 11.6 Å². The predicted molar refractivity (Wildman–Crippen MR) is 57.6 cm³/mol. The Morgan fingerprint density at radius 2 is 1.93 bits per heavy atom. The van der Waals surface area contributed by atoms with Crippen molar-refractivity contribution >= 4 is 11.3 Å². The minimum atomic E-state index is -0.825. The van der Waals surface area contributed by atoms with Gasteiger partial charge in [0.05, 0.1) is 0 Å². The first-order chi connectivity index (χ1) is 7.20. The van der Waals surface area contributed by atoms with E-state index in [1.807, 2.05) is 11.4 Å². The summed E-state index contributed by atoms with van der Waals surface area (Å²) in [5.41, 5.74) is 7.15. The van der Waals surface area contributed by atoms with Crippen molar-refractivity contribution < 1.29 is 8.78 Å². The standard InChI is InChI=1S/C11H9F2NS/c12-9-2-1-8(4-10(9)13)11-3-7(5-14)6-15-11/h1-4,6H,5,14H2. The normalized spacial score (nSPS) is 10.6. The van der Waals surface area contributed by atoms with Crippen LogP contribution in [0.15, 0.2) is 29.6 Å². The number of hydrogen-bond donors (Lipinski definition) is 1. The van der Waals surface area contributed by atoms with E-state index in [-0.39, 0.29) is 0 Å². The van der Waals surface area contributed by atoms with Crippen molar-refractivity contribution in [3.8, 4) is 10.4 Å². The van der Waals surface area contributed by atoms with Gasteiger partial charge in [-0.3, -0.25) is 0 Å². The summed E-state index contributed by atoms with van der Waals surface area (Å²) in [7, 11) is 0. The third-order valence-electron chi connectivity index (χ3n) is 2.09. The maximum Gasteiger partial charge on any atom is 0.159 e. The first-order valence-electron chi connectivity index (χ1n) is 4.43. The van der Waals surface area contributed by atoms with E-state index in [9.17, 15) is 8.78 Å². The van der Waals surface area contributed by atoms with Crippen LogP contribution in [-0.2, 0) is 6.54 Å². The molecule has 1 aromatic carbocycles. The van der Waals surface area contributed by atoms with Gasteiger partial charge in [-0.2, -0.15) is 0 Å². The average molecular weight is 225 g/mol. The van der Waals surface area contributed by atoms with Crippen LogP contribution < -0.4 is 5.73 Å². The molecule has 0 atom stereocenters. The number of hydrogen-bond acceptors (Lipinski definition) is 2. The van der Waals surface area contributed by atoms with Crippen molar-refractivity contribution in [2.24, 2.45) is 5.73 Å². The van der Waals surface area contributed by atoms with Crippen molar-refractivity contribution in [3.05, 3.63) is 46.8 Å². The summed E-state index contributed by atoms with van der Waals surface area (Å²) < 4.78 is 25.7. The number of benzene rings is 1. The quantitative estimate of drug-likeness (QED) is 0.834. The van der Waals surface area contributed by atoms with Crippen LogP contribution in [0.1, 0.15) is 5.56 Å². The molecule has 0 amide bonds. The van der Waals surface area contributed by atoms with Gasteiger partial charge in [0.25, 0.3) is 0 Å². The van der Waals surface area contributed by atoms with Crippen molar-refractivity contribution in [1.29, 1.82) is 0 Å². The number of nitrogens with two attached hydrogens (primary N) is 1. The molecule has 0 unspecified atom stereocenters. The molecule has 1 aromatic heterocycles. The summed E-state index contributed by atoms with van der Waals surface area (Å²) in [6.45, 7) is 0.459. The first kappa shape index (κ1) is 10.3. The second-order valence-corrected chi connectivity index (χ2v) is 4.06. The maximum absolute atomic E-state index is 13.0. The number of halogens is 2. The van der Waals surface area contributed by atoms with Gasteiger partial charge >= 0.3 is 0 Å². The van der Waals surface area contributed by atoms with Crippen LogP contribution in [0, 0.1) is 11.6 Å². The summed E-state index contributed by atoms with van der Waals surface area (Å²) in [5, 5.41) is 1.91. The van der Waals surface area contributed by atoms with Crippen molar-refractivity contribution in [2.45, 2.75) is 6.54 Å². The van der Waals surface area contributed by atoms with Crippen LogP contribution in [0.5, 0.6) is 0 Å². The largest absolute Gasteiger partial charge is 0.326 e. The minimum Gasteiger partial charge on any atom is -0.326 e. The molecular formula is C11H9F2NS. The molecule has 1 heterocycles. The fourth-order valence-electron chi connectivity index (χ4n) is 1.28. The Kier molecular flexibility index (Phi) is 2.79. The monoisotopic (exact) mass is 225 g/mol. The molecule has 0 bridgehead atoms. The van der Waals surface area contributed by atoms with E-state index in [1.54, 1.807) is 6.07 Å². The highest BCUT2D eigenvalue weighted by molar-refractivity contribution is 7.13. The van der Waals surface area contributed by atoms with Crippen LogP contribution in [0.25, 0.3) is 10.4 Å². The maximum atomic E-state index is 13.0. The van der Waals surface area contributed by atoms with Gasteiger partial charge in [-0.25, -0.2) is 8.78 Å². The Bertz CT molecular complexity index is 479. The molecule has 2 rings (SSSR count). The second kappa shape index (κ2) is 4.08. The smallest absolute Gasteiger partial charge is 0.159 e. The highest BCUT2D eigenvalue weighted by Gasteiger charge is 2.06. The van der Waals surface area contributed by atoms with Crippen LogP contribution >= 0.6 is 11.3 Å². The van der Waals surface area contributed by atoms with E-state index >= 15 is 0 Å². The van der Waals surface area contributed by atoms with Crippen molar-refractivity contribution in [1.82, 2.24) is 0 Å². The van der Waals surface area contributed by atoms with Crippen molar-refractivity contribution in [2.75, 3.05) is 0 Å². The Labute approximate surface area is 90.2 Å². The van der Waals surface area contributed by atoms with Crippen LogP contribution in [-0.4, -0.2) is 0 Å². The van der Waals surface area contributed by atoms with Gasteiger partial charge in [-0.05, 0) is 34.7 Å². The summed E-state index contributed by atoms with van der Waals surface area (Å²) in [6.07, 6.45) is 0. The Morgan fingerprint density at radius 3 is 2.53 bits per heavy atom. The Balaban J connectivity index is 2.40. The molecule has 0 aliphatic heterocycles. The van der Waals surface area contributed by atoms with Crippen LogP contribution in [0.2, 0.25) is 0 Å². The van der Waals surface area contributed by atoms with Gasteiger partial charge < -0.3 is 5.73 Å². The van der Waals surface area contributed by atoms with E-state index in [4.69, 9.17) is 5.73 Å². The molecule has 0 saturated heterocycles. The molecule has 15 heavy (non-hydrogen) atoms. The molecule has 0 aliphatic rings. The Morgan fingerprint density at radius 1 is 1.13 bits per heavy atom. The molecule has 2 aromatic rings. The van der Waals surface area contributed by atoms with Gasteiger partial charge in [-0.1, -0.05) is 6.07 Å². The lowest BCUT2D eigenvalue weighted by molar-refractivity contribution is 0.509. The molecule has 1 nitrogen and oxygen atoms in total. The third-order valence-corrected chi connectivity index (χ3v) is 3.12. The van der Waals surface area contributed by atoms with E-state index in [0.29, 0.717) is 12.1 Å². The predicted octanol–water partition coefficient (Wildman–Crippen LogP) is 3.15. The second-order valence-electron chi connectivity index (χ2n) is 3.15. The van der Waals surface area contributed by atoms with E-state index in [2.05, 4.69) is 0 Å². The molecule has 4 heteroatoms. The lowest BCUT2D eigenvalue weighted by atomic mass is 10.1. The topological polar surface area (TPSA) is 26.0 Å². The van der Waals surface area contributed by atoms with Gasteiger partial charge in [0.15, 0.2) is 11.6 Å². The summed E-state index contributed by atoms with van der Waals surface area (Å²) in [6, 6.07) is 5.77. The minimum absolute atomic E-state index is 0.459. The van der Waals surface area contributed by atoms with E-state index in [0.717, 1.165) is 16.5 Å². The van der Waals surface area contributed by atoms with Crippen molar-refractivity contribution in [3.63, 3.8) is 0 Å². The summed E-state index contributed by atoms with van der Waals surface area (Å²) in [5.74, 6) is -1.65. The summed E-state index contributed by atoms with van der Waals surface area (Å²) >= 11 is 1.47. The van der Waals surface area contributed by atoms with Crippen LogP contribution in [0.4, 0.5) is 8.78 Å². The third kappa shape index (κ3) is 2.06. The zero-order chi connectivity index (χ0) is 10.8. The molecule has 78 valence electrons. The fourth-order valence-corrected chi connectivity index (χ4v) is 2.21. The molecule has 0 fully saturated rings. The van der Waals surface area contributed by atoms with Gasteiger partial charge in [0.1, 0.15) is 0 Å². The molecule has 2 N–H and O–H groups in total. The SMILES string of the molecule is NCc1csc(-c2ccc(F)c(F)c2)c1.